The van der Waals surface area contributed by atoms with E-state index in [4.69, 9.17) is 0 Å². The number of rotatable bonds is 7. The summed E-state index contributed by atoms with van der Waals surface area (Å²) in [5.41, 5.74) is 0.556. The number of amides is 1. The number of sulfonamides is 1. The summed E-state index contributed by atoms with van der Waals surface area (Å²) in [5.74, 6) is -0.398. The minimum absolute atomic E-state index is 0.00234. The highest BCUT2D eigenvalue weighted by atomic mass is 32.2. The minimum Gasteiger partial charge on any atom is -0.325 e. The number of aromatic nitrogens is 2. The Labute approximate surface area is 192 Å². The summed E-state index contributed by atoms with van der Waals surface area (Å²) >= 11 is 1.13. The molecule has 1 heterocycles. The van der Waals surface area contributed by atoms with E-state index >= 15 is 0 Å². The van der Waals surface area contributed by atoms with E-state index in [1.54, 1.807) is 0 Å². The molecule has 2 aromatic carbocycles. The number of nitrogens with zero attached hydrogens (tertiary/aromatic N) is 2. The summed E-state index contributed by atoms with van der Waals surface area (Å²) < 4.78 is 66.1. The summed E-state index contributed by atoms with van der Waals surface area (Å²) in [6, 6.07) is 11.1. The van der Waals surface area contributed by atoms with Crippen molar-refractivity contribution < 1.29 is 26.4 Å². The van der Waals surface area contributed by atoms with E-state index in [1.165, 1.54) is 30.3 Å². The second-order valence-corrected chi connectivity index (χ2v) is 9.61. The van der Waals surface area contributed by atoms with Crippen LogP contribution >= 0.6 is 11.8 Å². The van der Waals surface area contributed by atoms with Gasteiger partial charge in [-0.1, -0.05) is 23.9 Å². The van der Waals surface area contributed by atoms with Gasteiger partial charge in [0.15, 0.2) is 5.16 Å². The van der Waals surface area contributed by atoms with Gasteiger partial charge in [0, 0.05) is 22.8 Å². The Morgan fingerprint density at radius 2 is 1.61 bits per heavy atom. The van der Waals surface area contributed by atoms with Gasteiger partial charge in [-0.3, -0.25) is 9.52 Å². The van der Waals surface area contributed by atoms with Gasteiger partial charge in [0.25, 0.3) is 10.0 Å². The molecule has 0 aliphatic rings. The van der Waals surface area contributed by atoms with Gasteiger partial charge in [0.2, 0.25) is 5.91 Å². The molecule has 0 bridgehead atoms. The average Bonchev–Trinajstić information content (AvgIpc) is 2.71. The van der Waals surface area contributed by atoms with Crippen LogP contribution in [0.2, 0.25) is 0 Å². The Morgan fingerprint density at radius 3 is 2.27 bits per heavy atom. The minimum atomic E-state index is -4.61. The van der Waals surface area contributed by atoms with Crippen LogP contribution in [0.5, 0.6) is 0 Å². The summed E-state index contributed by atoms with van der Waals surface area (Å²) in [5, 5.41) is 3.04. The fourth-order valence-electron chi connectivity index (χ4n) is 2.80. The Kier molecular flexibility index (Phi) is 7.28. The molecule has 2 N–H and O–H groups in total. The fraction of sp³-hybridized carbons (Fsp3) is 0.190. The normalized spacial score (nSPS) is 11.8. The largest absolute Gasteiger partial charge is 0.416 e. The molecule has 0 unspecified atom stereocenters. The van der Waals surface area contributed by atoms with Crippen LogP contribution in [0, 0.1) is 13.8 Å². The maximum atomic E-state index is 12.9. The second kappa shape index (κ2) is 9.79. The number of nitrogens with one attached hydrogen (secondary N) is 2. The fourth-order valence-corrected chi connectivity index (χ4v) is 4.64. The lowest BCUT2D eigenvalue weighted by atomic mass is 10.2. The third kappa shape index (κ3) is 6.93. The number of hydrogen-bond acceptors (Lipinski definition) is 6. The molecule has 0 spiro atoms. The number of carbonyl (C=O) groups excluding carboxylic acids is 1. The third-order valence-corrected chi connectivity index (χ3v) is 6.39. The lowest BCUT2D eigenvalue weighted by molar-refractivity contribution is -0.137. The van der Waals surface area contributed by atoms with Crippen LogP contribution < -0.4 is 10.0 Å². The smallest absolute Gasteiger partial charge is 0.325 e. The SMILES string of the molecule is Cc1cc(C)nc(SCC(=O)Nc2cccc(S(=O)(=O)Nc3cccc(C(F)(F)F)c3)c2)n1. The maximum absolute atomic E-state index is 12.9. The molecule has 12 heteroatoms. The number of aryl methyl sites for hydroxylation is 2. The van der Waals surface area contributed by atoms with E-state index in [-0.39, 0.29) is 22.0 Å². The monoisotopic (exact) mass is 496 g/mol. The molecular formula is C21H19F3N4O3S2. The lowest BCUT2D eigenvalue weighted by Crippen LogP contribution is -2.16. The molecule has 1 aromatic heterocycles. The van der Waals surface area contributed by atoms with Crippen molar-refractivity contribution in [2.45, 2.75) is 30.1 Å². The van der Waals surface area contributed by atoms with Gasteiger partial charge in [-0.05, 0) is 56.3 Å². The molecule has 3 aromatic rings. The van der Waals surface area contributed by atoms with Gasteiger partial charge in [0.05, 0.1) is 16.2 Å². The molecule has 1 amide bonds. The molecule has 0 fully saturated rings. The van der Waals surface area contributed by atoms with Crippen LogP contribution in [0.4, 0.5) is 24.5 Å². The molecular weight excluding hydrogens is 477 g/mol. The number of halogens is 3. The molecule has 7 nitrogen and oxygen atoms in total. The third-order valence-electron chi connectivity index (χ3n) is 4.16. The second-order valence-electron chi connectivity index (χ2n) is 6.98. The van der Waals surface area contributed by atoms with E-state index < -0.39 is 27.7 Å². The van der Waals surface area contributed by atoms with E-state index in [1.807, 2.05) is 19.9 Å². The summed E-state index contributed by atoms with van der Waals surface area (Å²) in [4.78, 5) is 20.5. The zero-order chi connectivity index (χ0) is 24.2. The number of carbonyl (C=O) groups is 1. The highest BCUT2D eigenvalue weighted by Crippen LogP contribution is 2.31. The van der Waals surface area contributed by atoms with Crippen molar-refractivity contribution in [1.82, 2.24) is 9.97 Å². The predicted molar refractivity (Wildman–Crippen MR) is 120 cm³/mol. The van der Waals surface area contributed by atoms with Crippen molar-refractivity contribution in [3.63, 3.8) is 0 Å². The lowest BCUT2D eigenvalue weighted by Gasteiger charge is -2.12. The first-order chi connectivity index (χ1) is 15.4. The van der Waals surface area contributed by atoms with Gasteiger partial charge >= 0.3 is 6.18 Å². The Bertz CT molecular complexity index is 1260. The van der Waals surface area contributed by atoms with Crippen molar-refractivity contribution in [1.29, 1.82) is 0 Å². The number of hydrogen-bond donors (Lipinski definition) is 2. The van der Waals surface area contributed by atoms with Gasteiger partial charge in [-0.25, -0.2) is 18.4 Å². The molecule has 33 heavy (non-hydrogen) atoms. The molecule has 0 radical (unpaired) electrons. The number of benzene rings is 2. The quantitative estimate of drug-likeness (QED) is 0.365. The highest BCUT2D eigenvalue weighted by molar-refractivity contribution is 7.99. The zero-order valence-electron chi connectivity index (χ0n) is 17.5. The van der Waals surface area contributed by atoms with Crippen molar-refractivity contribution >= 4 is 39.1 Å². The number of thioether (sulfide) groups is 1. The topological polar surface area (TPSA) is 101 Å². The molecule has 3 rings (SSSR count). The molecule has 0 saturated carbocycles. The van der Waals surface area contributed by atoms with Crippen molar-refractivity contribution in [2.75, 3.05) is 15.8 Å². The van der Waals surface area contributed by atoms with Crippen LogP contribution in [0.3, 0.4) is 0 Å². The van der Waals surface area contributed by atoms with Gasteiger partial charge in [0.1, 0.15) is 0 Å². The van der Waals surface area contributed by atoms with Crippen LogP contribution in [0.25, 0.3) is 0 Å². The molecule has 174 valence electrons. The molecule has 0 aliphatic heterocycles. The average molecular weight is 497 g/mol. The summed E-state index contributed by atoms with van der Waals surface area (Å²) in [6.07, 6.45) is -4.61. The van der Waals surface area contributed by atoms with E-state index in [9.17, 15) is 26.4 Å². The maximum Gasteiger partial charge on any atom is 0.416 e. The van der Waals surface area contributed by atoms with Crippen LogP contribution in [-0.4, -0.2) is 30.0 Å². The molecule has 0 saturated heterocycles. The first-order valence-corrected chi connectivity index (χ1v) is 11.9. The van der Waals surface area contributed by atoms with Crippen molar-refractivity contribution in [3.8, 4) is 0 Å². The van der Waals surface area contributed by atoms with Crippen LogP contribution in [-0.2, 0) is 21.0 Å². The summed E-state index contributed by atoms with van der Waals surface area (Å²) in [6.45, 7) is 3.64. The summed E-state index contributed by atoms with van der Waals surface area (Å²) in [7, 11) is -4.19. The van der Waals surface area contributed by atoms with Crippen molar-refractivity contribution in [3.05, 3.63) is 71.5 Å². The van der Waals surface area contributed by atoms with E-state index in [0.717, 1.165) is 35.3 Å². The van der Waals surface area contributed by atoms with Gasteiger partial charge in [-0.2, -0.15) is 13.2 Å². The van der Waals surface area contributed by atoms with Crippen LogP contribution in [0.15, 0.2) is 64.6 Å². The van der Waals surface area contributed by atoms with Gasteiger partial charge in [-0.15, -0.1) is 0 Å². The first kappa shape index (κ1) is 24.5. The molecule has 0 atom stereocenters. The first-order valence-electron chi connectivity index (χ1n) is 9.47. The Balaban J connectivity index is 1.68. The van der Waals surface area contributed by atoms with E-state index in [2.05, 4.69) is 20.0 Å². The number of alkyl halides is 3. The predicted octanol–water partition coefficient (Wildman–Crippen LogP) is 4.64. The standard InChI is InChI=1S/C21H19F3N4O3S2/c1-13-9-14(2)26-20(25-13)32-12-19(29)27-16-6-4-8-18(11-16)33(30,31)28-17-7-3-5-15(10-17)21(22,23)24/h3-11,28H,12H2,1-2H3,(H,27,29). The Morgan fingerprint density at radius 1 is 0.970 bits per heavy atom. The molecule has 0 aliphatic carbocycles. The zero-order valence-corrected chi connectivity index (χ0v) is 19.1. The van der Waals surface area contributed by atoms with Gasteiger partial charge < -0.3 is 5.32 Å². The highest BCUT2D eigenvalue weighted by Gasteiger charge is 2.30. The number of anilines is 2. The van der Waals surface area contributed by atoms with Crippen molar-refractivity contribution in [2.24, 2.45) is 0 Å². The Hall–Kier alpha value is -3.12. The van der Waals surface area contributed by atoms with E-state index in [0.29, 0.717) is 11.2 Å². The van der Waals surface area contributed by atoms with Crippen LogP contribution in [0.1, 0.15) is 17.0 Å².